The van der Waals surface area contributed by atoms with E-state index in [1.165, 1.54) is 24.3 Å². The minimum Gasteiger partial charge on any atom is -0.399 e. The summed E-state index contributed by atoms with van der Waals surface area (Å²) in [7, 11) is 0. The molecule has 1 fully saturated rings. The number of carbonyl (C=O) groups is 2. The first-order valence-electron chi connectivity index (χ1n) is 8.70. The smallest absolute Gasteiger partial charge is 0.253 e. The number of benzene rings is 2. The Kier molecular flexibility index (Phi) is 5.51. The number of nitrogens with zero attached hydrogens (tertiary/aromatic N) is 2. The number of para-hydroxylation sites is 1. The van der Waals surface area contributed by atoms with Crippen LogP contribution in [0.2, 0.25) is 0 Å². The average molecular weight is 355 g/mol. The van der Waals surface area contributed by atoms with Crippen molar-refractivity contribution in [3.8, 4) is 0 Å². The molecule has 1 aliphatic rings. The Hall–Kier alpha value is -2.89. The van der Waals surface area contributed by atoms with Gasteiger partial charge in [-0.25, -0.2) is 4.39 Å². The van der Waals surface area contributed by atoms with Gasteiger partial charge in [0.05, 0.1) is 0 Å². The minimum absolute atomic E-state index is 0.0714. The van der Waals surface area contributed by atoms with Crippen molar-refractivity contribution in [2.75, 3.05) is 31.9 Å². The highest BCUT2D eigenvalue weighted by atomic mass is 19.1. The molecule has 0 unspecified atom stereocenters. The zero-order chi connectivity index (χ0) is 18.5. The van der Waals surface area contributed by atoms with Crippen LogP contribution < -0.4 is 5.73 Å². The molecule has 2 N–H and O–H groups in total. The Balaban J connectivity index is 1.50. The van der Waals surface area contributed by atoms with Crippen LogP contribution in [-0.2, 0) is 11.2 Å². The molecular formula is C20H22FN3O2. The number of piperazine rings is 1. The maximum atomic E-state index is 13.0. The van der Waals surface area contributed by atoms with E-state index in [2.05, 4.69) is 0 Å². The third-order valence-electron chi connectivity index (χ3n) is 4.67. The zero-order valence-corrected chi connectivity index (χ0v) is 14.5. The van der Waals surface area contributed by atoms with E-state index in [0.717, 1.165) is 5.56 Å². The fraction of sp³-hybridized carbons (Fsp3) is 0.300. The highest BCUT2D eigenvalue weighted by Crippen LogP contribution is 2.15. The molecule has 26 heavy (non-hydrogen) atoms. The van der Waals surface area contributed by atoms with Gasteiger partial charge in [0, 0.05) is 43.9 Å². The molecule has 1 heterocycles. The quantitative estimate of drug-likeness (QED) is 0.856. The molecule has 3 rings (SSSR count). The van der Waals surface area contributed by atoms with Gasteiger partial charge in [0.1, 0.15) is 5.82 Å². The molecule has 0 bridgehead atoms. The third kappa shape index (κ3) is 4.20. The first-order chi connectivity index (χ1) is 12.5. The van der Waals surface area contributed by atoms with Crippen LogP contribution in [-0.4, -0.2) is 47.8 Å². The molecule has 0 spiro atoms. The molecule has 2 aromatic carbocycles. The predicted molar refractivity (Wildman–Crippen MR) is 98.1 cm³/mol. The molecule has 1 aliphatic heterocycles. The molecular weight excluding hydrogens is 333 g/mol. The lowest BCUT2D eigenvalue weighted by atomic mass is 10.1. The van der Waals surface area contributed by atoms with E-state index in [1.54, 1.807) is 9.80 Å². The molecule has 0 saturated carbocycles. The Labute approximate surface area is 152 Å². The van der Waals surface area contributed by atoms with Crippen LogP contribution >= 0.6 is 0 Å². The minimum atomic E-state index is -0.365. The molecule has 5 nitrogen and oxygen atoms in total. The van der Waals surface area contributed by atoms with Crippen molar-refractivity contribution in [1.29, 1.82) is 0 Å². The number of aryl methyl sites for hydroxylation is 1. The second-order valence-electron chi connectivity index (χ2n) is 6.38. The largest absolute Gasteiger partial charge is 0.399 e. The fourth-order valence-electron chi connectivity index (χ4n) is 3.10. The topological polar surface area (TPSA) is 66.6 Å². The van der Waals surface area contributed by atoms with Crippen LogP contribution in [0, 0.1) is 5.82 Å². The number of anilines is 1. The molecule has 1 saturated heterocycles. The van der Waals surface area contributed by atoms with Crippen molar-refractivity contribution in [1.82, 2.24) is 9.80 Å². The SMILES string of the molecule is Nc1ccccc1CCC(=O)N1CCN(C(=O)c2ccc(F)cc2)CC1. The summed E-state index contributed by atoms with van der Waals surface area (Å²) in [5.41, 5.74) is 8.05. The van der Waals surface area contributed by atoms with E-state index in [1.807, 2.05) is 24.3 Å². The van der Waals surface area contributed by atoms with Gasteiger partial charge in [-0.15, -0.1) is 0 Å². The zero-order valence-electron chi connectivity index (χ0n) is 14.5. The number of rotatable bonds is 4. The Morgan fingerprint density at radius 2 is 1.54 bits per heavy atom. The van der Waals surface area contributed by atoms with Crippen molar-refractivity contribution in [2.45, 2.75) is 12.8 Å². The van der Waals surface area contributed by atoms with Crippen LogP contribution in [0.1, 0.15) is 22.3 Å². The van der Waals surface area contributed by atoms with Crippen LogP contribution in [0.4, 0.5) is 10.1 Å². The van der Waals surface area contributed by atoms with Crippen molar-refractivity contribution < 1.29 is 14.0 Å². The number of halogens is 1. The van der Waals surface area contributed by atoms with Crippen molar-refractivity contribution >= 4 is 17.5 Å². The van der Waals surface area contributed by atoms with Crippen molar-refractivity contribution in [3.63, 3.8) is 0 Å². The number of nitrogen functional groups attached to an aromatic ring is 1. The summed E-state index contributed by atoms with van der Waals surface area (Å²) in [6.07, 6.45) is 1.01. The van der Waals surface area contributed by atoms with Crippen LogP contribution in [0.25, 0.3) is 0 Å². The monoisotopic (exact) mass is 355 g/mol. The molecule has 136 valence electrons. The van der Waals surface area contributed by atoms with Gasteiger partial charge in [0.2, 0.25) is 5.91 Å². The number of hydrogen-bond donors (Lipinski definition) is 1. The van der Waals surface area contributed by atoms with Gasteiger partial charge < -0.3 is 15.5 Å². The summed E-state index contributed by atoms with van der Waals surface area (Å²) < 4.78 is 13.0. The second-order valence-corrected chi connectivity index (χ2v) is 6.38. The lowest BCUT2D eigenvalue weighted by Crippen LogP contribution is -2.50. The van der Waals surface area contributed by atoms with Gasteiger partial charge in [-0.1, -0.05) is 18.2 Å². The molecule has 2 aromatic rings. The lowest BCUT2D eigenvalue weighted by Gasteiger charge is -2.35. The van der Waals surface area contributed by atoms with Crippen molar-refractivity contribution in [2.24, 2.45) is 0 Å². The molecule has 6 heteroatoms. The summed E-state index contributed by atoms with van der Waals surface area (Å²) in [6, 6.07) is 13.1. The maximum Gasteiger partial charge on any atom is 0.253 e. The van der Waals surface area contributed by atoms with Crippen LogP contribution in [0.5, 0.6) is 0 Å². The third-order valence-corrected chi connectivity index (χ3v) is 4.67. The lowest BCUT2D eigenvalue weighted by molar-refractivity contribution is -0.132. The summed E-state index contributed by atoms with van der Waals surface area (Å²) >= 11 is 0. The molecule has 2 amide bonds. The average Bonchev–Trinajstić information content (AvgIpc) is 2.67. The van der Waals surface area contributed by atoms with Gasteiger partial charge in [-0.05, 0) is 42.3 Å². The number of hydrogen-bond acceptors (Lipinski definition) is 3. The predicted octanol–water partition coefficient (Wildman–Crippen LogP) is 2.33. The van der Waals surface area contributed by atoms with Gasteiger partial charge in [-0.2, -0.15) is 0 Å². The van der Waals surface area contributed by atoms with Crippen LogP contribution in [0.3, 0.4) is 0 Å². The van der Waals surface area contributed by atoms with E-state index in [-0.39, 0.29) is 17.6 Å². The Bertz CT molecular complexity index is 784. The maximum absolute atomic E-state index is 13.0. The highest BCUT2D eigenvalue weighted by molar-refractivity contribution is 5.94. The Morgan fingerprint density at radius 3 is 2.19 bits per heavy atom. The van der Waals surface area contributed by atoms with E-state index in [4.69, 9.17) is 5.73 Å². The van der Waals surface area contributed by atoms with Crippen molar-refractivity contribution in [3.05, 3.63) is 65.5 Å². The molecule has 0 aliphatic carbocycles. The van der Waals surface area contributed by atoms with Gasteiger partial charge >= 0.3 is 0 Å². The number of amides is 2. The van der Waals surface area contributed by atoms with E-state index in [9.17, 15) is 14.0 Å². The second kappa shape index (κ2) is 7.99. The Morgan fingerprint density at radius 1 is 0.923 bits per heavy atom. The first kappa shape index (κ1) is 17.9. The van der Waals surface area contributed by atoms with Gasteiger partial charge in [-0.3, -0.25) is 9.59 Å². The van der Waals surface area contributed by atoms with E-state index < -0.39 is 0 Å². The van der Waals surface area contributed by atoms with E-state index in [0.29, 0.717) is 50.3 Å². The first-order valence-corrected chi connectivity index (χ1v) is 8.70. The van der Waals surface area contributed by atoms with E-state index >= 15 is 0 Å². The standard InChI is InChI=1S/C20H22FN3O2/c21-17-8-5-16(6-9-17)20(26)24-13-11-23(12-14-24)19(25)10-7-15-3-1-2-4-18(15)22/h1-6,8-9H,7,10-14,22H2. The molecule has 0 radical (unpaired) electrons. The highest BCUT2D eigenvalue weighted by Gasteiger charge is 2.24. The van der Waals surface area contributed by atoms with Crippen LogP contribution in [0.15, 0.2) is 48.5 Å². The molecule has 0 atom stereocenters. The van der Waals surface area contributed by atoms with Gasteiger partial charge in [0.15, 0.2) is 0 Å². The normalized spacial score (nSPS) is 14.3. The summed E-state index contributed by atoms with van der Waals surface area (Å²) in [6.45, 7) is 1.98. The summed E-state index contributed by atoms with van der Waals surface area (Å²) in [4.78, 5) is 28.3. The van der Waals surface area contributed by atoms with Gasteiger partial charge in [0.25, 0.3) is 5.91 Å². The molecule has 0 aromatic heterocycles. The summed E-state index contributed by atoms with van der Waals surface area (Å²) in [5.74, 6) is -0.424. The fourth-order valence-corrected chi connectivity index (χ4v) is 3.10. The summed E-state index contributed by atoms with van der Waals surface area (Å²) in [5, 5.41) is 0. The number of nitrogens with two attached hydrogens (primary N) is 1. The number of carbonyl (C=O) groups excluding carboxylic acids is 2.